The molecule has 10 rings (SSSR count). The molecular weight excluding hydrogens is 857 g/mol. The SMILES string of the molecule is C[C@@H](/C=C/CC(=O)N(CCO)Cc1ccccc1)[C@]1(O)C(=O)N(Cc2ccc(N3C(=O)c4ccccc4Oc4ccccc43)cc2)c2ccc(N3C(=O)c4ccccc4Oc4ccccc43)cc21. The van der Waals surface area contributed by atoms with E-state index in [4.69, 9.17) is 9.47 Å². The third-order valence-corrected chi connectivity index (χ3v) is 12.7. The zero-order valence-electron chi connectivity index (χ0n) is 37.1. The molecule has 0 radical (unpaired) electrons. The number of anilines is 5. The van der Waals surface area contributed by atoms with Gasteiger partial charge in [-0.1, -0.05) is 110 Å². The fourth-order valence-electron chi connectivity index (χ4n) is 9.15. The van der Waals surface area contributed by atoms with Crippen molar-refractivity contribution in [3.05, 3.63) is 210 Å². The maximum absolute atomic E-state index is 15.0. The number of carbonyl (C=O) groups excluding carboxylic acids is 4. The number of hydrogen-bond donors (Lipinski definition) is 2. The fraction of sp³-hybridized carbons (Fsp3) is 0.143. The van der Waals surface area contributed by atoms with Crippen LogP contribution in [0.5, 0.6) is 23.0 Å². The van der Waals surface area contributed by atoms with E-state index in [1.54, 1.807) is 102 Å². The molecule has 68 heavy (non-hydrogen) atoms. The van der Waals surface area contributed by atoms with Crippen molar-refractivity contribution in [1.82, 2.24) is 4.90 Å². The van der Waals surface area contributed by atoms with Crippen LogP contribution in [0.2, 0.25) is 0 Å². The smallest absolute Gasteiger partial charge is 0.266 e. The van der Waals surface area contributed by atoms with E-state index in [0.717, 1.165) is 11.1 Å². The summed E-state index contributed by atoms with van der Waals surface area (Å²) in [6.45, 7) is 2.03. The number of amides is 4. The highest BCUT2D eigenvalue weighted by Crippen LogP contribution is 2.50. The van der Waals surface area contributed by atoms with Crippen LogP contribution in [0.15, 0.2) is 182 Å². The predicted octanol–water partition coefficient (Wildman–Crippen LogP) is 10.2. The number of carbonyl (C=O) groups is 4. The molecule has 2 N–H and O–H groups in total. The quantitative estimate of drug-likeness (QED) is 0.116. The van der Waals surface area contributed by atoms with Crippen molar-refractivity contribution in [2.75, 3.05) is 27.9 Å². The highest BCUT2D eigenvalue weighted by molar-refractivity contribution is 6.16. The van der Waals surface area contributed by atoms with Gasteiger partial charge in [-0.25, -0.2) is 0 Å². The number of benzene rings is 7. The van der Waals surface area contributed by atoms with Crippen LogP contribution in [-0.2, 0) is 28.3 Å². The van der Waals surface area contributed by atoms with Gasteiger partial charge in [-0.15, -0.1) is 0 Å². The summed E-state index contributed by atoms with van der Waals surface area (Å²) < 4.78 is 12.5. The summed E-state index contributed by atoms with van der Waals surface area (Å²) in [7, 11) is 0. The number of rotatable bonds is 12. The van der Waals surface area contributed by atoms with E-state index >= 15 is 4.79 Å². The van der Waals surface area contributed by atoms with Crippen LogP contribution in [0.3, 0.4) is 0 Å². The lowest BCUT2D eigenvalue weighted by Gasteiger charge is -2.29. The zero-order chi connectivity index (χ0) is 46.9. The number of nitrogens with zero attached hydrogens (tertiary/aromatic N) is 4. The Morgan fingerprint density at radius 3 is 1.76 bits per heavy atom. The van der Waals surface area contributed by atoms with E-state index in [1.165, 1.54) is 9.80 Å². The standard InChI is InChI=1S/C56H46N4O8/c1-37(14-13-25-52(62)57(32-33-61)35-38-15-3-2-4-16-38)56(66)44-34-41(60-47-20-8-12-24-51(47)68-49-22-10-6-18-43(49)54(60)64)30-31-45(44)58(55(56)65)36-39-26-28-40(29-27-39)59-46-19-7-11-23-50(46)67-48-21-9-5-17-42(48)53(59)63/h2-24,26-31,34,37,61,66H,25,32-33,35-36H2,1H3/b14-13+/t37-,56+/m0/s1. The summed E-state index contributed by atoms with van der Waals surface area (Å²) in [5.74, 6) is -0.470. The molecule has 7 aromatic rings. The number of hydrogen-bond acceptors (Lipinski definition) is 8. The van der Waals surface area contributed by atoms with Gasteiger partial charge in [0.1, 0.15) is 11.5 Å². The van der Waals surface area contributed by atoms with Gasteiger partial charge in [-0.2, -0.15) is 0 Å². The zero-order valence-corrected chi connectivity index (χ0v) is 37.1. The van der Waals surface area contributed by atoms with Crippen LogP contribution in [-0.4, -0.2) is 51.9 Å². The Kier molecular flexibility index (Phi) is 11.6. The van der Waals surface area contributed by atoms with Crippen molar-refractivity contribution in [1.29, 1.82) is 0 Å². The molecule has 0 saturated carbocycles. The number of ether oxygens (including phenoxy) is 2. The van der Waals surface area contributed by atoms with Crippen molar-refractivity contribution >= 4 is 52.1 Å². The monoisotopic (exact) mass is 902 g/mol. The van der Waals surface area contributed by atoms with Crippen LogP contribution in [0.25, 0.3) is 0 Å². The molecule has 4 amide bonds. The lowest BCUT2D eigenvalue weighted by molar-refractivity contribution is -0.139. The Balaban J connectivity index is 0.995. The number of aliphatic hydroxyl groups excluding tert-OH is 1. The molecule has 12 nitrogen and oxygen atoms in total. The molecule has 0 bridgehead atoms. The number of fused-ring (bicyclic) bond motifs is 5. The fourth-order valence-corrected chi connectivity index (χ4v) is 9.15. The highest BCUT2D eigenvalue weighted by atomic mass is 16.5. The summed E-state index contributed by atoms with van der Waals surface area (Å²) in [4.78, 5) is 63.4. The van der Waals surface area contributed by atoms with Crippen LogP contribution in [0, 0.1) is 5.92 Å². The summed E-state index contributed by atoms with van der Waals surface area (Å²) in [6.07, 6.45) is 3.27. The molecule has 338 valence electrons. The minimum Gasteiger partial charge on any atom is -0.454 e. The maximum Gasteiger partial charge on any atom is 0.266 e. The topological polar surface area (TPSA) is 140 Å². The second-order valence-electron chi connectivity index (χ2n) is 16.9. The van der Waals surface area contributed by atoms with Crippen LogP contribution in [0.4, 0.5) is 28.4 Å². The summed E-state index contributed by atoms with van der Waals surface area (Å²) >= 11 is 0. The van der Waals surface area contributed by atoms with E-state index in [-0.39, 0.29) is 49.4 Å². The molecule has 3 heterocycles. The molecule has 0 aromatic heterocycles. The predicted molar refractivity (Wildman–Crippen MR) is 259 cm³/mol. The van der Waals surface area contributed by atoms with Gasteiger partial charge in [-0.3, -0.25) is 29.0 Å². The van der Waals surface area contributed by atoms with Crippen molar-refractivity contribution in [2.24, 2.45) is 5.92 Å². The first-order chi connectivity index (χ1) is 33.1. The van der Waals surface area contributed by atoms with Gasteiger partial charge in [0.05, 0.1) is 41.3 Å². The lowest BCUT2D eigenvalue weighted by Crippen LogP contribution is -2.44. The van der Waals surface area contributed by atoms with Crippen LogP contribution >= 0.6 is 0 Å². The third kappa shape index (κ3) is 7.85. The lowest BCUT2D eigenvalue weighted by atomic mass is 9.82. The molecule has 3 aliphatic rings. The Morgan fingerprint density at radius 2 is 1.16 bits per heavy atom. The molecule has 0 unspecified atom stereocenters. The number of aliphatic hydroxyl groups is 2. The molecule has 0 aliphatic carbocycles. The van der Waals surface area contributed by atoms with E-state index < -0.39 is 17.4 Å². The van der Waals surface area contributed by atoms with Gasteiger partial charge in [-0.05, 0) is 90.0 Å². The van der Waals surface area contributed by atoms with E-state index in [2.05, 4.69) is 0 Å². The molecule has 12 heteroatoms. The van der Waals surface area contributed by atoms with E-state index in [1.807, 2.05) is 97.1 Å². The average molecular weight is 903 g/mol. The van der Waals surface area contributed by atoms with Gasteiger partial charge in [0.15, 0.2) is 17.1 Å². The Bertz CT molecular complexity index is 3120. The second-order valence-corrected chi connectivity index (χ2v) is 16.9. The maximum atomic E-state index is 15.0. The van der Waals surface area contributed by atoms with Gasteiger partial charge in [0.25, 0.3) is 17.7 Å². The molecule has 0 saturated heterocycles. The largest absolute Gasteiger partial charge is 0.454 e. The summed E-state index contributed by atoms with van der Waals surface area (Å²) in [6, 6.07) is 50.6. The molecular formula is C56H46N4O8. The minimum absolute atomic E-state index is 0.0371. The number of para-hydroxylation sites is 6. The summed E-state index contributed by atoms with van der Waals surface area (Å²) in [5, 5.41) is 22.7. The Labute approximate surface area is 393 Å². The van der Waals surface area contributed by atoms with E-state index in [0.29, 0.717) is 69.1 Å². The van der Waals surface area contributed by atoms with Gasteiger partial charge >= 0.3 is 0 Å². The molecule has 0 spiro atoms. The normalized spacial score (nSPS) is 16.4. The first kappa shape index (κ1) is 43.6. The summed E-state index contributed by atoms with van der Waals surface area (Å²) in [5.41, 5.74) is 3.01. The molecule has 7 aromatic carbocycles. The minimum atomic E-state index is -2.14. The van der Waals surface area contributed by atoms with Gasteiger partial charge in [0.2, 0.25) is 5.91 Å². The van der Waals surface area contributed by atoms with Crippen LogP contribution < -0.4 is 24.2 Å². The molecule has 3 aliphatic heterocycles. The van der Waals surface area contributed by atoms with Crippen molar-refractivity contribution in [2.45, 2.75) is 32.0 Å². The van der Waals surface area contributed by atoms with Gasteiger partial charge in [0, 0.05) is 42.4 Å². The second kappa shape index (κ2) is 18.2. The highest BCUT2D eigenvalue weighted by Gasteiger charge is 2.53. The first-order valence-electron chi connectivity index (χ1n) is 22.4. The average Bonchev–Trinajstić information content (AvgIpc) is 3.44. The van der Waals surface area contributed by atoms with Crippen LogP contribution in [0.1, 0.15) is 50.8 Å². The first-order valence-corrected chi connectivity index (χ1v) is 22.4. The third-order valence-electron chi connectivity index (χ3n) is 12.7. The van der Waals surface area contributed by atoms with Crippen molar-refractivity contribution < 1.29 is 38.9 Å². The molecule has 2 atom stereocenters. The molecule has 0 fully saturated rings. The van der Waals surface area contributed by atoms with Gasteiger partial charge < -0.3 is 29.5 Å². The Morgan fingerprint density at radius 1 is 0.632 bits per heavy atom. The van der Waals surface area contributed by atoms with Crippen molar-refractivity contribution in [3.8, 4) is 23.0 Å². The Hall–Kier alpha value is -8.32. The van der Waals surface area contributed by atoms with Crippen molar-refractivity contribution in [3.63, 3.8) is 0 Å². The van der Waals surface area contributed by atoms with E-state index in [9.17, 15) is 24.6 Å².